The van der Waals surface area contributed by atoms with Crippen LogP contribution in [0.5, 0.6) is 0 Å². The van der Waals surface area contributed by atoms with E-state index in [2.05, 4.69) is 47.4 Å². The molecule has 2 rings (SSSR count). The molecule has 0 aromatic heterocycles. The molecule has 0 aliphatic carbocycles. The number of benzene rings is 1. The molecule has 0 amide bonds. The third kappa shape index (κ3) is 3.71. The lowest BCUT2D eigenvalue weighted by molar-refractivity contribution is 1.03. The molecule has 17 heavy (non-hydrogen) atoms. The summed E-state index contributed by atoms with van der Waals surface area (Å²) in [6, 6.07) is 6.08. The molecule has 0 unspecified atom stereocenters. The van der Waals surface area contributed by atoms with Crippen molar-refractivity contribution in [2.24, 2.45) is 10.1 Å². The van der Waals surface area contributed by atoms with E-state index >= 15 is 0 Å². The Balaban J connectivity index is 0.00000144. The van der Waals surface area contributed by atoms with E-state index in [1.807, 2.05) is 18.2 Å². The zero-order chi connectivity index (χ0) is 11.5. The van der Waals surface area contributed by atoms with E-state index in [9.17, 15) is 0 Å². The minimum absolute atomic E-state index is 0. The summed E-state index contributed by atoms with van der Waals surface area (Å²) in [5, 5.41) is 5.17. The number of amidine groups is 1. The zero-order valence-electron chi connectivity index (χ0n) is 8.91. The summed E-state index contributed by atoms with van der Waals surface area (Å²) in [6.07, 6.45) is 0. The summed E-state index contributed by atoms with van der Waals surface area (Å²) < 4.78 is 2.09. The molecule has 0 atom stereocenters. The van der Waals surface area contributed by atoms with Crippen LogP contribution in [0.1, 0.15) is 5.56 Å². The molecule has 1 N–H and O–H groups in total. The number of thioether (sulfide) groups is 1. The second-order valence-electron chi connectivity index (χ2n) is 3.11. The smallest absolute Gasteiger partial charge is 0.177 e. The van der Waals surface area contributed by atoms with Crippen LogP contribution in [0.15, 0.2) is 37.2 Å². The number of rotatable bonds is 1. The molecule has 0 radical (unpaired) electrons. The molecule has 0 saturated carbocycles. The van der Waals surface area contributed by atoms with Crippen molar-refractivity contribution in [2.45, 2.75) is 0 Å². The van der Waals surface area contributed by atoms with Gasteiger partial charge in [0.05, 0.1) is 5.71 Å². The first-order valence-corrected chi connectivity index (χ1v) is 7.15. The molecule has 3 nitrogen and oxygen atoms in total. The van der Waals surface area contributed by atoms with Crippen LogP contribution in [-0.2, 0) is 0 Å². The molecule has 1 aromatic carbocycles. The molecule has 1 aromatic rings. The van der Waals surface area contributed by atoms with Crippen molar-refractivity contribution in [3.63, 3.8) is 0 Å². The summed E-state index contributed by atoms with van der Waals surface area (Å²) in [4.78, 5) is 4.05. The molecular weight excluding hydrogens is 389 g/mol. The normalized spacial score (nSPS) is 17.1. The van der Waals surface area contributed by atoms with Crippen LogP contribution in [0.25, 0.3) is 0 Å². The summed E-state index contributed by atoms with van der Waals surface area (Å²) in [7, 11) is 1.76. The number of nitrogens with zero attached hydrogens (tertiary/aromatic N) is 2. The van der Waals surface area contributed by atoms with E-state index < -0.39 is 0 Å². The zero-order valence-corrected chi connectivity index (χ0v) is 13.7. The lowest BCUT2D eigenvalue weighted by atomic mass is 10.1. The van der Waals surface area contributed by atoms with Gasteiger partial charge < -0.3 is 0 Å². The van der Waals surface area contributed by atoms with E-state index in [0.717, 1.165) is 31.1 Å². The fraction of sp³-hybridized carbons (Fsp3) is 0.200. The second kappa shape index (κ2) is 6.78. The number of hydrogen-bond donors (Lipinski definition) is 1. The Hall–Kier alpha value is -0.0400. The lowest BCUT2D eigenvalue weighted by Gasteiger charge is -2.15. The van der Waals surface area contributed by atoms with Gasteiger partial charge in [0.1, 0.15) is 0 Å². The quantitative estimate of drug-likeness (QED) is 0.783. The van der Waals surface area contributed by atoms with Crippen LogP contribution in [0, 0.1) is 0 Å². The fourth-order valence-corrected chi connectivity index (χ4v) is 3.30. The molecular formula is C10H10Br2ClN3S. The van der Waals surface area contributed by atoms with Gasteiger partial charge in [0.25, 0.3) is 0 Å². The van der Waals surface area contributed by atoms with E-state index in [4.69, 9.17) is 0 Å². The monoisotopic (exact) mass is 397 g/mol. The minimum Gasteiger partial charge on any atom is -0.265 e. The van der Waals surface area contributed by atoms with Crippen molar-refractivity contribution in [3.05, 3.63) is 32.7 Å². The SMILES string of the molecule is CN=C1NN=C(c2ccc(Br)cc2Br)CS1.Cl. The van der Waals surface area contributed by atoms with Crippen LogP contribution >= 0.6 is 56.0 Å². The summed E-state index contributed by atoms with van der Waals surface area (Å²) in [6.45, 7) is 0. The van der Waals surface area contributed by atoms with Crippen LogP contribution in [0.2, 0.25) is 0 Å². The van der Waals surface area contributed by atoms with Gasteiger partial charge in [-0.2, -0.15) is 5.10 Å². The molecule has 0 spiro atoms. The van der Waals surface area contributed by atoms with E-state index in [1.54, 1.807) is 18.8 Å². The first-order chi connectivity index (χ1) is 7.70. The van der Waals surface area contributed by atoms with Crippen LogP contribution in [0.4, 0.5) is 0 Å². The molecule has 0 bridgehead atoms. The van der Waals surface area contributed by atoms with E-state index in [0.29, 0.717) is 0 Å². The van der Waals surface area contributed by atoms with Crippen molar-refractivity contribution < 1.29 is 0 Å². The van der Waals surface area contributed by atoms with Gasteiger partial charge in [0, 0.05) is 27.3 Å². The first kappa shape index (κ1) is 15.0. The lowest BCUT2D eigenvalue weighted by Crippen LogP contribution is -2.25. The summed E-state index contributed by atoms with van der Waals surface area (Å²) >= 11 is 8.62. The fourth-order valence-electron chi connectivity index (χ4n) is 1.29. The number of hydrogen-bond acceptors (Lipinski definition) is 3. The summed E-state index contributed by atoms with van der Waals surface area (Å²) in [5.41, 5.74) is 5.06. The van der Waals surface area contributed by atoms with Crippen molar-refractivity contribution in [3.8, 4) is 0 Å². The number of halogens is 3. The van der Waals surface area contributed by atoms with Crippen LogP contribution in [-0.4, -0.2) is 23.7 Å². The van der Waals surface area contributed by atoms with E-state index in [1.165, 1.54) is 0 Å². The van der Waals surface area contributed by atoms with Crippen molar-refractivity contribution >= 4 is 66.9 Å². The van der Waals surface area contributed by atoms with Gasteiger partial charge in [-0.1, -0.05) is 49.7 Å². The topological polar surface area (TPSA) is 36.8 Å². The second-order valence-corrected chi connectivity index (χ2v) is 5.85. The Morgan fingerprint density at radius 2 is 2.18 bits per heavy atom. The van der Waals surface area contributed by atoms with Gasteiger partial charge >= 0.3 is 0 Å². The molecule has 7 heteroatoms. The van der Waals surface area contributed by atoms with Crippen LogP contribution in [0.3, 0.4) is 0 Å². The average Bonchev–Trinajstić information content (AvgIpc) is 2.29. The highest BCUT2D eigenvalue weighted by molar-refractivity contribution is 9.11. The van der Waals surface area contributed by atoms with Crippen molar-refractivity contribution in [1.29, 1.82) is 0 Å². The Morgan fingerprint density at radius 3 is 2.71 bits per heavy atom. The van der Waals surface area contributed by atoms with E-state index in [-0.39, 0.29) is 12.4 Å². The number of nitrogens with one attached hydrogen (secondary N) is 1. The Labute approximate surface area is 127 Å². The average molecular weight is 400 g/mol. The highest BCUT2D eigenvalue weighted by atomic mass is 79.9. The van der Waals surface area contributed by atoms with Crippen molar-refractivity contribution in [1.82, 2.24) is 5.43 Å². The number of aliphatic imine (C=N–C) groups is 1. The predicted octanol–water partition coefficient (Wildman–Crippen LogP) is 3.66. The third-order valence-electron chi connectivity index (χ3n) is 2.08. The highest BCUT2D eigenvalue weighted by Gasteiger charge is 2.14. The molecule has 92 valence electrons. The van der Waals surface area contributed by atoms with Gasteiger partial charge in [0.2, 0.25) is 0 Å². The van der Waals surface area contributed by atoms with Crippen LogP contribution < -0.4 is 5.43 Å². The standard InChI is InChI=1S/C10H9Br2N3S.ClH/c1-13-10-15-14-9(5-16-10)7-3-2-6(11)4-8(7)12;/h2-4H,5H2,1H3,(H,13,15);1H. The maximum Gasteiger partial charge on any atom is 0.177 e. The predicted molar refractivity (Wildman–Crippen MR) is 84.6 cm³/mol. The largest absolute Gasteiger partial charge is 0.265 e. The third-order valence-corrected chi connectivity index (χ3v) is 4.19. The van der Waals surface area contributed by atoms with Gasteiger partial charge in [-0.3, -0.25) is 10.4 Å². The van der Waals surface area contributed by atoms with Gasteiger partial charge in [-0.25, -0.2) is 0 Å². The first-order valence-electron chi connectivity index (χ1n) is 4.58. The van der Waals surface area contributed by atoms with Crippen molar-refractivity contribution in [2.75, 3.05) is 12.8 Å². The van der Waals surface area contributed by atoms with Gasteiger partial charge in [-0.05, 0) is 12.1 Å². The Morgan fingerprint density at radius 1 is 1.41 bits per heavy atom. The maximum absolute atomic E-state index is 4.31. The van der Waals surface area contributed by atoms with Gasteiger partial charge in [-0.15, -0.1) is 12.4 Å². The van der Waals surface area contributed by atoms with Gasteiger partial charge in [0.15, 0.2) is 5.17 Å². The maximum atomic E-state index is 4.31. The summed E-state index contributed by atoms with van der Waals surface area (Å²) in [5.74, 6) is 0.833. The minimum atomic E-state index is 0. The number of hydrazone groups is 1. The molecule has 0 fully saturated rings. The Bertz CT molecular complexity index is 477. The molecule has 1 heterocycles. The Kier molecular flexibility index (Phi) is 5.99. The molecule has 0 saturated heterocycles. The molecule has 1 aliphatic heterocycles. The molecule has 1 aliphatic rings. The highest BCUT2D eigenvalue weighted by Crippen LogP contribution is 2.24.